The predicted molar refractivity (Wildman–Crippen MR) is 385 cm³/mol. The lowest BCUT2D eigenvalue weighted by atomic mass is 9.97. The van der Waals surface area contributed by atoms with Crippen LogP contribution in [0.4, 0.5) is 17.1 Å². The number of nitrogens with zero attached hydrogens (tertiary/aromatic N) is 11. The van der Waals surface area contributed by atoms with Gasteiger partial charge in [-0.05, 0) is 137 Å². The Labute approximate surface area is 616 Å². The van der Waals surface area contributed by atoms with E-state index < -0.39 is 29.7 Å². The van der Waals surface area contributed by atoms with E-state index in [0.717, 1.165) is 33.4 Å². The number of carbonyl (C=O) groups excluding carboxylic acids is 7. The van der Waals surface area contributed by atoms with Crippen LogP contribution in [0.1, 0.15) is 150 Å². The molecule has 1 atom stereocenters. The van der Waals surface area contributed by atoms with E-state index in [2.05, 4.69) is 110 Å². The van der Waals surface area contributed by atoms with Gasteiger partial charge in [0.05, 0.1) is 47.1 Å². The molecule has 4 aromatic heterocycles. The summed E-state index contributed by atoms with van der Waals surface area (Å²) in [4.78, 5) is 147. The average molecular weight is 1470 g/mol. The molecular formula is C74H76N18O16. The number of nitrogens with one attached hydrogen (secondary N) is 7. The third-order valence-electron chi connectivity index (χ3n) is 16.3. The molecule has 9 aromatic rings. The summed E-state index contributed by atoms with van der Waals surface area (Å²) in [5.41, 5.74) is 10.4. The Hall–Kier alpha value is -13.4. The maximum absolute atomic E-state index is 12.9. The summed E-state index contributed by atoms with van der Waals surface area (Å²) in [6.07, 6.45) is 5.06. The molecule has 0 bridgehead atoms. The topological polar surface area (TPSA) is 470 Å². The lowest BCUT2D eigenvalue weighted by Crippen LogP contribution is -2.33. The van der Waals surface area contributed by atoms with Crippen LogP contribution in [0, 0.1) is 12.3 Å². The number of aromatic carboxylic acids is 1. The second-order valence-corrected chi connectivity index (χ2v) is 26.6. The Morgan fingerprint density at radius 3 is 1.44 bits per heavy atom. The van der Waals surface area contributed by atoms with Crippen LogP contribution in [0.2, 0.25) is 0 Å². The van der Waals surface area contributed by atoms with Gasteiger partial charge in [0, 0.05) is 50.9 Å². The first kappa shape index (κ1) is 77.2. The number of aromatic amines is 1. The Morgan fingerprint density at radius 1 is 0.546 bits per heavy atom. The molecule has 0 radical (unpaired) electrons. The van der Waals surface area contributed by atoms with Crippen molar-refractivity contribution in [3.63, 3.8) is 0 Å². The standard InChI is InChI=1S/C28H27N5O7.C26H25N5O6.C15H12N8O3.C5H12/c1-15-18-5-6-23(20(18)4-3-19(15)28(38)39)33(12-26(35)36)11-17-9-22(31-14-30-17)27(37)29-10-16-2-7-24-21(8-16)32-25(34)13-40-24;1-16(32)19-5-2-17(3-6-19)11-31(13-25(34)35)12-20-9-22(29-15-28-20)26(36)27-10-18-4-7-23-21(8-18)30-24(33)14-37-23;24-13-6-26-12-2-1-8(3-9(12)19-13)5-16-15(25)11-4-10(17-7-18-11)14-20-22-23-21-14;1-5(2,3)4/h2-4,7-9,14,23H,5-6,10-13H2,1H3,(H,29,37)(H,32,34)(H,35,36)(H,38,39);2-9,15H,10-14H2,1H3,(H,27,36)(H,30,33)(H,34,35);1-4,7H,5-6H2,(H,16,25)(H,19,24)(H,20,21,22,23);1-4H3/t23-;;;/m0.../s1. The van der Waals surface area contributed by atoms with Crippen molar-refractivity contribution in [3.05, 3.63) is 207 Å². The van der Waals surface area contributed by atoms with Crippen molar-refractivity contribution in [1.82, 2.24) is 76.3 Å². The second-order valence-electron chi connectivity index (χ2n) is 26.6. The monoisotopic (exact) mass is 1470 g/mol. The Bertz CT molecular complexity index is 4870. The molecule has 3 aliphatic heterocycles. The quantitative estimate of drug-likeness (QED) is 0.0313. The average Bonchev–Trinajstić information content (AvgIpc) is 1.62. The maximum Gasteiger partial charge on any atom is 0.335 e. The van der Waals surface area contributed by atoms with E-state index in [0.29, 0.717) is 87.3 Å². The summed E-state index contributed by atoms with van der Waals surface area (Å²) >= 11 is 0. The van der Waals surface area contributed by atoms with Crippen molar-refractivity contribution in [2.24, 2.45) is 5.41 Å². The van der Waals surface area contributed by atoms with E-state index >= 15 is 0 Å². The van der Waals surface area contributed by atoms with Gasteiger partial charge in [-0.2, -0.15) is 5.21 Å². The van der Waals surface area contributed by atoms with Crippen LogP contribution in [0.15, 0.2) is 128 Å². The normalized spacial score (nSPS) is 13.6. The summed E-state index contributed by atoms with van der Waals surface area (Å²) in [5.74, 6) is -3.01. The number of hydrogen-bond donors (Lipinski definition) is 10. The largest absolute Gasteiger partial charge is 0.482 e. The number of carbonyl (C=O) groups is 10. The number of aromatic nitrogens is 10. The minimum Gasteiger partial charge on any atom is -0.482 e. The van der Waals surface area contributed by atoms with Gasteiger partial charge in [-0.1, -0.05) is 76.2 Å². The highest BCUT2D eigenvalue weighted by Gasteiger charge is 2.33. The number of anilines is 3. The van der Waals surface area contributed by atoms with Gasteiger partial charge in [-0.25, -0.2) is 34.7 Å². The minimum absolute atomic E-state index is 0.000491. The van der Waals surface area contributed by atoms with Crippen LogP contribution < -0.4 is 46.1 Å². The summed E-state index contributed by atoms with van der Waals surface area (Å²) in [6, 6.07) is 30.3. The molecule has 10 N–H and O–H groups in total. The molecule has 13 rings (SSSR count). The van der Waals surface area contributed by atoms with E-state index in [1.54, 1.807) is 108 Å². The highest BCUT2D eigenvalue weighted by Crippen LogP contribution is 2.39. The maximum atomic E-state index is 12.9. The molecule has 5 aromatic carbocycles. The van der Waals surface area contributed by atoms with E-state index in [9.17, 15) is 63.3 Å². The number of aliphatic carboxylic acids is 2. The van der Waals surface area contributed by atoms with Crippen molar-refractivity contribution in [1.29, 1.82) is 0 Å². The van der Waals surface area contributed by atoms with Gasteiger partial charge in [0.25, 0.3) is 35.4 Å². The SMILES string of the molecule is CC(=O)c1ccc(CN(CC(=O)O)Cc2cc(C(=O)NCc3ccc4c(c3)NC(=O)CO4)ncn2)cc1.CC(C)(C)C.Cc1c(C(=O)O)ccc2c1CC[C@@H]2N(CC(=O)O)Cc1cc(C(=O)NCc2ccc3c(c2)NC(=O)CO3)ncn1.O=C1COc2ccc(CNC(=O)c3cc(-c4nn[nH]n4)ncn3)cc2N1. The lowest BCUT2D eigenvalue weighted by Gasteiger charge is -2.28. The molecule has 4 aliphatic rings. The first-order valence-corrected chi connectivity index (χ1v) is 33.7. The van der Waals surface area contributed by atoms with E-state index in [1.165, 1.54) is 44.1 Å². The van der Waals surface area contributed by atoms with E-state index in [4.69, 9.17) is 14.2 Å². The minimum atomic E-state index is -1.01. The molecule has 7 heterocycles. The van der Waals surface area contributed by atoms with Crippen LogP contribution >= 0.6 is 0 Å². The zero-order valence-electron chi connectivity index (χ0n) is 59.5. The Morgan fingerprint density at radius 2 is 1.00 bits per heavy atom. The van der Waals surface area contributed by atoms with Crippen molar-refractivity contribution < 1.29 is 77.5 Å². The number of amides is 6. The molecule has 6 amide bonds. The first-order valence-electron chi connectivity index (χ1n) is 33.7. The van der Waals surface area contributed by atoms with Crippen LogP contribution in [-0.2, 0) is 69.7 Å². The fourth-order valence-electron chi connectivity index (χ4n) is 11.4. The molecule has 0 unspecified atom stereocenters. The van der Waals surface area contributed by atoms with Crippen molar-refractivity contribution in [3.8, 4) is 28.8 Å². The number of fused-ring (bicyclic) bond motifs is 4. The van der Waals surface area contributed by atoms with Gasteiger partial charge < -0.3 is 61.4 Å². The molecule has 108 heavy (non-hydrogen) atoms. The molecule has 0 spiro atoms. The van der Waals surface area contributed by atoms with Gasteiger partial charge in [0.2, 0.25) is 5.82 Å². The van der Waals surface area contributed by atoms with E-state index in [1.807, 2.05) is 0 Å². The zero-order valence-corrected chi connectivity index (χ0v) is 59.5. The summed E-state index contributed by atoms with van der Waals surface area (Å²) in [7, 11) is 0. The fraction of sp³-hybridized carbons (Fsp3) is 0.284. The summed E-state index contributed by atoms with van der Waals surface area (Å²) in [6.45, 7) is 12.7. The van der Waals surface area contributed by atoms with E-state index in [-0.39, 0.29) is 130 Å². The highest BCUT2D eigenvalue weighted by atomic mass is 16.5. The van der Waals surface area contributed by atoms with Crippen molar-refractivity contribution in [2.45, 2.75) is 99.7 Å². The van der Waals surface area contributed by atoms with Crippen LogP contribution in [0.5, 0.6) is 17.2 Å². The lowest BCUT2D eigenvalue weighted by molar-refractivity contribution is -0.140. The number of hydrogen-bond acceptors (Lipinski definition) is 24. The number of ketones is 1. The number of tetrazole rings is 1. The number of H-pyrrole nitrogens is 1. The third kappa shape index (κ3) is 21.9. The molecule has 34 heteroatoms. The van der Waals surface area contributed by atoms with Crippen molar-refractivity contribution >= 4 is 76.2 Å². The number of carboxylic acid groups (broad SMARTS) is 3. The highest BCUT2D eigenvalue weighted by molar-refractivity contribution is 5.98. The predicted octanol–water partition coefficient (Wildman–Crippen LogP) is 6.32. The summed E-state index contributed by atoms with van der Waals surface area (Å²) < 4.78 is 16.0. The number of carboxylic acids is 3. The van der Waals surface area contributed by atoms with Gasteiger partial charge >= 0.3 is 17.9 Å². The molecule has 1 aliphatic carbocycles. The fourth-order valence-corrected chi connectivity index (χ4v) is 11.4. The molecule has 0 saturated carbocycles. The Kier molecular flexibility index (Phi) is 25.3. The van der Waals surface area contributed by atoms with Crippen molar-refractivity contribution in [2.75, 3.05) is 48.9 Å². The van der Waals surface area contributed by atoms with Gasteiger partial charge in [0.1, 0.15) is 59.0 Å². The third-order valence-corrected chi connectivity index (χ3v) is 16.3. The molecule has 34 nitrogen and oxygen atoms in total. The van der Waals surface area contributed by atoms with Gasteiger partial charge in [-0.3, -0.25) is 53.0 Å². The number of rotatable bonds is 23. The molecule has 0 saturated heterocycles. The molecule has 558 valence electrons. The molecular weight excluding hydrogens is 1400 g/mol. The Balaban J connectivity index is 0.000000170. The van der Waals surface area contributed by atoms with Crippen LogP contribution in [0.25, 0.3) is 11.5 Å². The number of ether oxygens (including phenoxy) is 3. The number of Topliss-reactive ketones (excluding diaryl/α,β-unsaturated/α-hetero) is 1. The smallest absolute Gasteiger partial charge is 0.335 e. The second kappa shape index (κ2) is 35.4. The van der Waals surface area contributed by atoms with Gasteiger partial charge in [0.15, 0.2) is 25.6 Å². The van der Waals surface area contributed by atoms with Gasteiger partial charge in [-0.15, -0.1) is 10.2 Å². The first-order chi connectivity index (χ1) is 51.6. The molecule has 0 fully saturated rings. The zero-order chi connectivity index (χ0) is 77.2. The van der Waals surface area contributed by atoms with Crippen LogP contribution in [-0.4, -0.2) is 168 Å². The number of benzene rings is 5. The summed E-state index contributed by atoms with van der Waals surface area (Å²) in [5, 5.41) is 58.3. The van der Waals surface area contributed by atoms with Crippen LogP contribution in [0.3, 0.4) is 0 Å².